The molecule has 3 aromatic rings. The number of ketones is 1. The van der Waals surface area contributed by atoms with Gasteiger partial charge in [0.2, 0.25) is 5.95 Å². The lowest BCUT2D eigenvalue weighted by Gasteiger charge is -2.35. The summed E-state index contributed by atoms with van der Waals surface area (Å²) in [5.74, 6) is 2.68. The van der Waals surface area contributed by atoms with Crippen molar-refractivity contribution in [2.75, 3.05) is 19.5 Å². The Morgan fingerprint density at radius 1 is 1.06 bits per heavy atom. The van der Waals surface area contributed by atoms with Crippen LogP contribution in [-0.4, -0.2) is 34.8 Å². The lowest BCUT2D eigenvalue weighted by atomic mass is 9.77. The third-order valence-electron chi connectivity index (χ3n) is 6.66. The zero-order valence-electron chi connectivity index (χ0n) is 19.3. The highest BCUT2D eigenvalue weighted by atomic mass is 16.5. The second kappa shape index (κ2) is 8.39. The molecule has 7 heteroatoms. The largest absolute Gasteiger partial charge is 0.497 e. The molecule has 1 aliphatic heterocycles. The van der Waals surface area contributed by atoms with Gasteiger partial charge in [-0.3, -0.25) is 4.79 Å². The van der Waals surface area contributed by atoms with E-state index >= 15 is 0 Å². The zero-order valence-corrected chi connectivity index (χ0v) is 19.3. The fourth-order valence-corrected chi connectivity index (χ4v) is 4.90. The molecule has 0 amide bonds. The van der Waals surface area contributed by atoms with Crippen molar-refractivity contribution in [2.45, 2.75) is 44.6 Å². The Hall–Kier alpha value is -3.61. The summed E-state index contributed by atoms with van der Waals surface area (Å²) in [6.07, 6.45) is 2.63. The number of nitrogens with zero attached hydrogens (tertiary/aromatic N) is 3. The van der Waals surface area contributed by atoms with E-state index in [-0.39, 0.29) is 17.7 Å². The molecule has 2 aliphatic rings. The summed E-state index contributed by atoms with van der Waals surface area (Å²) >= 11 is 0. The van der Waals surface area contributed by atoms with Gasteiger partial charge in [0.25, 0.3) is 0 Å². The van der Waals surface area contributed by atoms with E-state index in [2.05, 4.69) is 53.5 Å². The number of aromatic nitrogens is 3. The molecular weight excluding hydrogens is 416 g/mol. The molecule has 170 valence electrons. The standard InChI is InChI=1S/C26H28N4O3/c1-15(2)16-5-7-17(8-6-16)25-24-21(29-26-27-14-28-30(25)26)11-18(12-22(24)31)20-10-9-19(32-3)13-23(20)33-4/h5-10,13-15,18,25H,11-12H2,1-4H3,(H,27,28,29)/t18-,25-/m0/s1. The van der Waals surface area contributed by atoms with Crippen LogP contribution in [0.4, 0.5) is 5.95 Å². The van der Waals surface area contributed by atoms with Crippen LogP contribution in [-0.2, 0) is 4.79 Å². The van der Waals surface area contributed by atoms with Crippen molar-refractivity contribution < 1.29 is 14.3 Å². The van der Waals surface area contributed by atoms with Crippen LogP contribution in [0.1, 0.15) is 61.3 Å². The van der Waals surface area contributed by atoms with Crippen LogP contribution in [0.2, 0.25) is 0 Å². The minimum atomic E-state index is -0.286. The van der Waals surface area contributed by atoms with E-state index in [0.717, 1.165) is 33.9 Å². The summed E-state index contributed by atoms with van der Waals surface area (Å²) in [5.41, 5.74) is 4.99. The summed E-state index contributed by atoms with van der Waals surface area (Å²) in [6, 6.07) is 14.0. The highest BCUT2D eigenvalue weighted by Crippen LogP contribution is 2.45. The Labute approximate surface area is 193 Å². The van der Waals surface area contributed by atoms with E-state index in [1.165, 1.54) is 11.9 Å². The van der Waals surface area contributed by atoms with E-state index in [0.29, 0.717) is 24.7 Å². The van der Waals surface area contributed by atoms with Crippen molar-refractivity contribution >= 4 is 11.7 Å². The van der Waals surface area contributed by atoms with Gasteiger partial charge in [0.05, 0.1) is 14.2 Å². The zero-order chi connectivity index (χ0) is 23.1. The molecule has 0 saturated heterocycles. The Bertz CT molecular complexity index is 1230. The average Bonchev–Trinajstić information content (AvgIpc) is 3.30. The van der Waals surface area contributed by atoms with Gasteiger partial charge < -0.3 is 14.8 Å². The maximum absolute atomic E-state index is 13.6. The minimum Gasteiger partial charge on any atom is -0.497 e. The van der Waals surface area contributed by atoms with Gasteiger partial charge in [-0.1, -0.05) is 44.2 Å². The second-order valence-electron chi connectivity index (χ2n) is 8.91. The van der Waals surface area contributed by atoms with E-state index in [4.69, 9.17) is 9.47 Å². The fraction of sp³-hybridized carbons (Fsp3) is 0.346. The summed E-state index contributed by atoms with van der Waals surface area (Å²) in [6.45, 7) is 4.35. The predicted molar refractivity (Wildman–Crippen MR) is 126 cm³/mol. The molecule has 1 aromatic heterocycles. The molecule has 0 spiro atoms. The van der Waals surface area contributed by atoms with Gasteiger partial charge in [0.15, 0.2) is 5.78 Å². The van der Waals surface area contributed by atoms with Crippen LogP contribution in [0, 0.1) is 0 Å². The molecule has 33 heavy (non-hydrogen) atoms. The fourth-order valence-electron chi connectivity index (χ4n) is 4.90. The Balaban J connectivity index is 1.55. The van der Waals surface area contributed by atoms with Crippen LogP contribution < -0.4 is 14.8 Å². The lowest BCUT2D eigenvalue weighted by Crippen LogP contribution is -2.33. The number of hydrogen-bond donors (Lipinski definition) is 1. The molecule has 2 heterocycles. The SMILES string of the molecule is COc1ccc([C@@H]2CC(=O)C3=C(C2)Nc2ncnn2[C@H]3c2ccc(C(C)C)cc2)c(OC)c1. The number of nitrogens with one attached hydrogen (secondary N) is 1. The number of Topliss-reactive ketones (excluding diaryl/α,β-unsaturated/α-hetero) is 1. The number of carbonyl (C=O) groups is 1. The van der Waals surface area contributed by atoms with Crippen LogP contribution in [0.5, 0.6) is 11.5 Å². The molecule has 0 bridgehead atoms. The highest BCUT2D eigenvalue weighted by Gasteiger charge is 2.39. The molecule has 0 radical (unpaired) electrons. The first kappa shape index (κ1) is 21.2. The van der Waals surface area contributed by atoms with Gasteiger partial charge in [0, 0.05) is 29.7 Å². The second-order valence-corrected chi connectivity index (χ2v) is 8.91. The third kappa shape index (κ3) is 3.67. The van der Waals surface area contributed by atoms with Gasteiger partial charge in [-0.15, -0.1) is 0 Å². The van der Waals surface area contributed by atoms with Gasteiger partial charge in [0.1, 0.15) is 23.9 Å². The van der Waals surface area contributed by atoms with Crippen molar-refractivity contribution in [1.29, 1.82) is 0 Å². The number of allylic oxidation sites excluding steroid dienone is 2. The molecule has 2 atom stereocenters. The molecular formula is C26H28N4O3. The van der Waals surface area contributed by atoms with Crippen LogP contribution >= 0.6 is 0 Å². The molecule has 0 saturated carbocycles. The molecule has 7 nitrogen and oxygen atoms in total. The van der Waals surface area contributed by atoms with Crippen molar-refractivity contribution in [1.82, 2.24) is 14.8 Å². The van der Waals surface area contributed by atoms with Crippen molar-refractivity contribution in [3.8, 4) is 11.5 Å². The van der Waals surface area contributed by atoms with Crippen molar-refractivity contribution in [2.24, 2.45) is 0 Å². The smallest absolute Gasteiger partial charge is 0.226 e. The normalized spacial score (nSPS) is 19.7. The summed E-state index contributed by atoms with van der Waals surface area (Å²) in [4.78, 5) is 18.0. The van der Waals surface area contributed by atoms with Crippen molar-refractivity contribution in [3.63, 3.8) is 0 Å². The van der Waals surface area contributed by atoms with E-state index in [1.54, 1.807) is 14.2 Å². The Morgan fingerprint density at radius 3 is 2.55 bits per heavy atom. The molecule has 2 aromatic carbocycles. The number of rotatable bonds is 5. The topological polar surface area (TPSA) is 78.3 Å². The Morgan fingerprint density at radius 2 is 1.85 bits per heavy atom. The van der Waals surface area contributed by atoms with Gasteiger partial charge in [-0.25, -0.2) is 4.68 Å². The molecule has 5 rings (SSSR count). The number of fused-ring (bicyclic) bond motifs is 1. The van der Waals surface area contributed by atoms with E-state index in [1.807, 2.05) is 22.9 Å². The first-order valence-electron chi connectivity index (χ1n) is 11.2. The maximum atomic E-state index is 13.6. The van der Waals surface area contributed by atoms with Crippen LogP contribution in [0.25, 0.3) is 0 Å². The molecule has 1 aliphatic carbocycles. The maximum Gasteiger partial charge on any atom is 0.226 e. The molecule has 0 fully saturated rings. The average molecular weight is 445 g/mol. The minimum absolute atomic E-state index is 0.00282. The summed E-state index contributed by atoms with van der Waals surface area (Å²) in [5, 5.41) is 7.83. The summed E-state index contributed by atoms with van der Waals surface area (Å²) in [7, 11) is 3.28. The predicted octanol–water partition coefficient (Wildman–Crippen LogP) is 4.83. The van der Waals surface area contributed by atoms with E-state index in [9.17, 15) is 4.79 Å². The van der Waals surface area contributed by atoms with Crippen molar-refractivity contribution in [3.05, 3.63) is 76.8 Å². The first-order chi connectivity index (χ1) is 16.0. The first-order valence-corrected chi connectivity index (χ1v) is 11.2. The monoisotopic (exact) mass is 444 g/mol. The number of carbonyl (C=O) groups excluding carboxylic acids is 1. The number of benzene rings is 2. The third-order valence-corrected chi connectivity index (χ3v) is 6.66. The highest BCUT2D eigenvalue weighted by molar-refractivity contribution is 6.00. The van der Waals surface area contributed by atoms with Gasteiger partial charge in [-0.2, -0.15) is 10.1 Å². The Kier molecular flexibility index (Phi) is 5.40. The number of methoxy groups -OCH3 is 2. The lowest BCUT2D eigenvalue weighted by molar-refractivity contribution is -0.116. The number of ether oxygens (including phenoxy) is 2. The number of hydrogen-bond acceptors (Lipinski definition) is 6. The van der Waals surface area contributed by atoms with Gasteiger partial charge in [-0.05, 0) is 35.1 Å². The number of anilines is 1. The molecule has 1 N–H and O–H groups in total. The van der Waals surface area contributed by atoms with Gasteiger partial charge >= 0.3 is 0 Å². The summed E-state index contributed by atoms with van der Waals surface area (Å²) < 4.78 is 12.8. The quantitative estimate of drug-likeness (QED) is 0.607. The van der Waals surface area contributed by atoms with Crippen LogP contribution in [0.15, 0.2) is 60.1 Å². The van der Waals surface area contributed by atoms with E-state index < -0.39 is 0 Å². The van der Waals surface area contributed by atoms with Crippen LogP contribution in [0.3, 0.4) is 0 Å². The molecule has 0 unspecified atom stereocenters.